The molecule has 2 aromatic heterocycles. The third-order valence-electron chi connectivity index (χ3n) is 4.47. The number of nitrogens with zero attached hydrogens (tertiary/aromatic N) is 3. The number of hydrogen-bond acceptors (Lipinski definition) is 5. The molecule has 1 saturated heterocycles. The van der Waals surface area contributed by atoms with Gasteiger partial charge in [-0.1, -0.05) is 6.07 Å². The molecular weight excluding hydrogens is 322 g/mol. The molecule has 0 spiro atoms. The molecule has 3 rings (SSSR count). The van der Waals surface area contributed by atoms with E-state index in [0.29, 0.717) is 18.7 Å². The summed E-state index contributed by atoms with van der Waals surface area (Å²) in [4.78, 5) is 36.4. The van der Waals surface area contributed by atoms with Gasteiger partial charge in [-0.15, -0.1) is 11.3 Å². The quantitative estimate of drug-likeness (QED) is 0.783. The highest BCUT2D eigenvalue weighted by Crippen LogP contribution is 2.22. The molecule has 2 aromatic rings. The third kappa shape index (κ3) is 3.87. The number of rotatable bonds is 5. The summed E-state index contributed by atoms with van der Waals surface area (Å²) in [6.45, 7) is 3.22. The number of Topliss-reactive ketones (excluding diaryl/α,β-unsaturated/α-hetero) is 1. The number of aromatic nitrogens is 2. The van der Waals surface area contributed by atoms with Crippen LogP contribution in [0.25, 0.3) is 0 Å². The zero-order valence-electron chi connectivity index (χ0n) is 13.8. The Hall–Kier alpha value is -2.08. The zero-order valence-corrected chi connectivity index (χ0v) is 14.6. The lowest BCUT2D eigenvalue weighted by molar-refractivity contribution is -0.132. The first-order chi connectivity index (χ1) is 11.6. The maximum absolute atomic E-state index is 12.6. The summed E-state index contributed by atoms with van der Waals surface area (Å²) < 4.78 is 0. The van der Waals surface area contributed by atoms with Gasteiger partial charge < -0.3 is 4.90 Å². The Morgan fingerprint density at radius 3 is 2.92 bits per heavy atom. The first-order valence-electron chi connectivity index (χ1n) is 8.27. The van der Waals surface area contributed by atoms with E-state index in [-0.39, 0.29) is 17.6 Å². The van der Waals surface area contributed by atoms with Crippen LogP contribution in [0, 0.1) is 12.8 Å². The van der Waals surface area contributed by atoms with E-state index in [1.807, 2.05) is 23.4 Å². The van der Waals surface area contributed by atoms with E-state index >= 15 is 0 Å². The average molecular weight is 343 g/mol. The fourth-order valence-electron chi connectivity index (χ4n) is 3.08. The van der Waals surface area contributed by atoms with E-state index in [9.17, 15) is 9.59 Å². The van der Waals surface area contributed by atoms with Crippen molar-refractivity contribution in [1.29, 1.82) is 0 Å². The Labute approximate surface area is 145 Å². The summed E-state index contributed by atoms with van der Waals surface area (Å²) in [6, 6.07) is 5.37. The lowest BCUT2D eigenvalue weighted by Crippen LogP contribution is -2.42. The van der Waals surface area contributed by atoms with Crippen LogP contribution in [-0.4, -0.2) is 39.6 Å². The molecule has 24 heavy (non-hydrogen) atoms. The molecule has 6 heteroatoms. The van der Waals surface area contributed by atoms with Crippen molar-refractivity contribution in [3.05, 3.63) is 46.2 Å². The lowest BCUT2D eigenvalue weighted by Gasteiger charge is -2.32. The normalized spacial score (nSPS) is 17.7. The van der Waals surface area contributed by atoms with Crippen LogP contribution in [0.2, 0.25) is 0 Å². The van der Waals surface area contributed by atoms with Crippen molar-refractivity contribution in [2.45, 2.75) is 32.6 Å². The maximum atomic E-state index is 12.6. The number of carbonyl (C=O) groups excluding carboxylic acids is 2. The maximum Gasteiger partial charge on any atom is 0.222 e. The van der Waals surface area contributed by atoms with Crippen molar-refractivity contribution >= 4 is 23.0 Å². The van der Waals surface area contributed by atoms with Crippen molar-refractivity contribution < 1.29 is 9.59 Å². The molecule has 0 N–H and O–H groups in total. The number of aryl methyl sites for hydroxylation is 2. The van der Waals surface area contributed by atoms with Gasteiger partial charge in [0, 0.05) is 36.5 Å². The molecule has 0 aromatic carbocycles. The highest BCUT2D eigenvalue weighted by atomic mass is 32.1. The van der Waals surface area contributed by atoms with Gasteiger partial charge in [0.25, 0.3) is 0 Å². The van der Waals surface area contributed by atoms with Crippen LogP contribution in [0.4, 0.5) is 0 Å². The van der Waals surface area contributed by atoms with Gasteiger partial charge in [-0.25, -0.2) is 4.98 Å². The van der Waals surface area contributed by atoms with Gasteiger partial charge in [-0.3, -0.25) is 14.6 Å². The van der Waals surface area contributed by atoms with Crippen molar-refractivity contribution in [3.63, 3.8) is 0 Å². The topological polar surface area (TPSA) is 63.2 Å². The van der Waals surface area contributed by atoms with Gasteiger partial charge in [0.2, 0.25) is 5.91 Å². The second-order valence-electron chi connectivity index (χ2n) is 6.12. The first kappa shape index (κ1) is 16.8. The van der Waals surface area contributed by atoms with Gasteiger partial charge in [0.05, 0.1) is 11.2 Å². The molecule has 1 fully saturated rings. The van der Waals surface area contributed by atoms with Crippen LogP contribution in [0.15, 0.2) is 29.9 Å². The average Bonchev–Trinajstić information content (AvgIpc) is 3.05. The zero-order chi connectivity index (χ0) is 16.9. The summed E-state index contributed by atoms with van der Waals surface area (Å²) in [5.74, 6) is 0.0375. The second-order valence-corrected chi connectivity index (χ2v) is 7.06. The van der Waals surface area contributed by atoms with E-state index in [1.54, 1.807) is 29.7 Å². The minimum Gasteiger partial charge on any atom is -0.342 e. The monoisotopic (exact) mass is 343 g/mol. The van der Waals surface area contributed by atoms with Crippen LogP contribution < -0.4 is 0 Å². The van der Waals surface area contributed by atoms with E-state index in [2.05, 4.69) is 9.97 Å². The molecule has 126 valence electrons. The predicted molar refractivity (Wildman–Crippen MR) is 93.0 cm³/mol. The summed E-state index contributed by atoms with van der Waals surface area (Å²) in [5.41, 5.74) is 3.32. The van der Waals surface area contributed by atoms with Crippen molar-refractivity contribution in [2.24, 2.45) is 5.92 Å². The van der Waals surface area contributed by atoms with Crippen LogP contribution in [0.3, 0.4) is 0 Å². The molecular formula is C18H21N3O2S. The molecule has 0 radical (unpaired) electrons. The number of amides is 1. The van der Waals surface area contributed by atoms with E-state index in [1.165, 1.54) is 4.88 Å². The Morgan fingerprint density at radius 1 is 1.33 bits per heavy atom. The van der Waals surface area contributed by atoms with E-state index in [0.717, 1.165) is 31.5 Å². The number of likely N-dealkylation sites (tertiary alicyclic amines) is 1. The van der Waals surface area contributed by atoms with Crippen molar-refractivity contribution in [1.82, 2.24) is 14.9 Å². The summed E-state index contributed by atoms with van der Waals surface area (Å²) in [6.07, 6.45) is 4.54. The number of pyridine rings is 1. The Bertz CT molecular complexity index is 714. The van der Waals surface area contributed by atoms with Gasteiger partial charge in [-0.05, 0) is 38.3 Å². The van der Waals surface area contributed by atoms with Crippen LogP contribution in [0.5, 0.6) is 0 Å². The van der Waals surface area contributed by atoms with Crippen LogP contribution in [0.1, 0.15) is 40.3 Å². The Morgan fingerprint density at radius 2 is 2.21 bits per heavy atom. The van der Waals surface area contributed by atoms with Gasteiger partial charge in [0.15, 0.2) is 5.78 Å². The number of thiazole rings is 1. The Kier molecular flexibility index (Phi) is 5.35. The fourth-order valence-corrected chi connectivity index (χ4v) is 3.86. The van der Waals surface area contributed by atoms with Gasteiger partial charge in [0.1, 0.15) is 5.69 Å². The van der Waals surface area contributed by atoms with Crippen molar-refractivity contribution in [2.75, 3.05) is 13.1 Å². The molecule has 1 amide bonds. The third-order valence-corrected chi connectivity index (χ3v) is 5.47. The fraction of sp³-hybridized carbons (Fsp3) is 0.444. The molecule has 5 nitrogen and oxygen atoms in total. The summed E-state index contributed by atoms with van der Waals surface area (Å²) in [5, 5.41) is 0. The number of ketones is 1. The van der Waals surface area contributed by atoms with Gasteiger partial charge in [-0.2, -0.15) is 0 Å². The van der Waals surface area contributed by atoms with Crippen LogP contribution >= 0.6 is 11.3 Å². The number of carbonyl (C=O) groups is 2. The number of piperidine rings is 1. The predicted octanol–water partition coefficient (Wildman–Crippen LogP) is 2.90. The summed E-state index contributed by atoms with van der Waals surface area (Å²) >= 11 is 1.60. The summed E-state index contributed by atoms with van der Waals surface area (Å²) in [7, 11) is 0. The van der Waals surface area contributed by atoms with Crippen LogP contribution in [-0.2, 0) is 11.2 Å². The molecule has 0 aliphatic carbocycles. The van der Waals surface area contributed by atoms with E-state index in [4.69, 9.17) is 0 Å². The molecule has 0 bridgehead atoms. The minimum atomic E-state index is -0.136. The first-order valence-corrected chi connectivity index (χ1v) is 9.15. The highest BCUT2D eigenvalue weighted by molar-refractivity contribution is 7.09. The minimum absolute atomic E-state index is 0.0476. The van der Waals surface area contributed by atoms with Gasteiger partial charge >= 0.3 is 0 Å². The molecule has 1 aliphatic rings. The SMILES string of the molecule is Cc1ncsc1CCC(=O)N1CCCC(C(=O)c2ccccn2)C1. The molecule has 1 atom stereocenters. The smallest absolute Gasteiger partial charge is 0.222 e. The molecule has 0 saturated carbocycles. The van der Waals surface area contributed by atoms with E-state index < -0.39 is 0 Å². The lowest BCUT2D eigenvalue weighted by atomic mass is 9.91. The molecule has 1 unspecified atom stereocenters. The largest absolute Gasteiger partial charge is 0.342 e. The standard InChI is InChI=1S/C18H21N3O2S/c1-13-16(24-12-20-13)7-8-17(22)21-10-4-5-14(11-21)18(23)15-6-2-3-9-19-15/h2-3,6,9,12,14H,4-5,7-8,10-11H2,1H3. The highest BCUT2D eigenvalue weighted by Gasteiger charge is 2.29. The number of hydrogen-bond donors (Lipinski definition) is 0. The molecule has 1 aliphatic heterocycles. The molecule has 3 heterocycles. The Balaban J connectivity index is 1.58. The van der Waals surface area contributed by atoms with Crippen molar-refractivity contribution in [3.8, 4) is 0 Å². The second kappa shape index (κ2) is 7.66.